The first-order valence-corrected chi connectivity index (χ1v) is 6.69. The van der Waals surface area contributed by atoms with E-state index in [1.165, 1.54) is 7.11 Å². The fraction of sp³-hybridized carbons (Fsp3) is 0.143. The molecule has 0 aliphatic carbocycles. The van der Waals surface area contributed by atoms with Crippen molar-refractivity contribution in [3.05, 3.63) is 40.3 Å². The number of benzene rings is 1. The van der Waals surface area contributed by atoms with Gasteiger partial charge in [-0.3, -0.25) is 19.3 Å². The van der Waals surface area contributed by atoms with Gasteiger partial charge in [0.2, 0.25) is 0 Å². The van der Waals surface area contributed by atoms with Gasteiger partial charge in [-0.05, 0) is 35.5 Å². The number of ether oxygens (including phenoxy) is 1. The summed E-state index contributed by atoms with van der Waals surface area (Å²) in [5.41, 5.74) is 1.20. The van der Waals surface area contributed by atoms with E-state index >= 15 is 0 Å². The molecule has 0 aromatic heterocycles. The molecule has 1 aromatic carbocycles. The van der Waals surface area contributed by atoms with Crippen molar-refractivity contribution in [2.75, 3.05) is 13.7 Å². The average Bonchev–Trinajstić information content (AvgIpc) is 2.75. The molecule has 1 saturated heterocycles. The Morgan fingerprint density at radius 2 is 2.05 bits per heavy atom. The third kappa shape index (κ3) is 3.30. The Hall–Kier alpha value is -2.59. The third-order valence-electron chi connectivity index (χ3n) is 2.73. The lowest BCUT2D eigenvalue weighted by molar-refractivity contribution is -0.143. The zero-order chi connectivity index (χ0) is 15.4. The maximum absolute atomic E-state index is 12.1. The molecular formula is C14H10N2O4S. The van der Waals surface area contributed by atoms with Crippen molar-refractivity contribution in [3.8, 4) is 6.07 Å². The highest BCUT2D eigenvalue weighted by molar-refractivity contribution is 8.18. The average molecular weight is 302 g/mol. The summed E-state index contributed by atoms with van der Waals surface area (Å²) >= 11 is 0.765. The number of rotatable bonds is 3. The van der Waals surface area contributed by atoms with Crippen molar-refractivity contribution < 1.29 is 19.1 Å². The molecule has 1 aromatic rings. The van der Waals surface area contributed by atoms with Crippen LogP contribution in [0.3, 0.4) is 0 Å². The van der Waals surface area contributed by atoms with Crippen molar-refractivity contribution in [2.45, 2.75) is 0 Å². The van der Waals surface area contributed by atoms with Gasteiger partial charge in [-0.2, -0.15) is 5.26 Å². The van der Waals surface area contributed by atoms with Crippen LogP contribution in [0.15, 0.2) is 29.2 Å². The zero-order valence-electron chi connectivity index (χ0n) is 11.0. The van der Waals surface area contributed by atoms with Crippen LogP contribution >= 0.6 is 11.8 Å². The molecule has 106 valence electrons. The summed E-state index contributed by atoms with van der Waals surface area (Å²) in [6, 6.07) is 8.57. The van der Waals surface area contributed by atoms with Crippen LogP contribution in [0.25, 0.3) is 6.08 Å². The van der Waals surface area contributed by atoms with Crippen LogP contribution in [0.5, 0.6) is 0 Å². The van der Waals surface area contributed by atoms with Crippen LogP contribution in [0.2, 0.25) is 0 Å². The van der Waals surface area contributed by atoms with E-state index in [9.17, 15) is 14.4 Å². The third-order valence-corrected chi connectivity index (χ3v) is 3.63. The van der Waals surface area contributed by atoms with Crippen LogP contribution in [0.1, 0.15) is 11.1 Å². The standard InChI is InChI=1S/C14H10N2O4S/c1-20-12(17)8-16-13(18)11(21-14(16)19)6-9-2-4-10(7-15)5-3-9/h2-6H,8H2,1H3/b11-6+. The van der Waals surface area contributed by atoms with Crippen LogP contribution in [-0.4, -0.2) is 35.7 Å². The molecular weight excluding hydrogens is 292 g/mol. The minimum absolute atomic E-state index is 0.230. The number of methoxy groups -OCH3 is 1. The maximum atomic E-state index is 12.1. The second kappa shape index (κ2) is 6.24. The molecule has 2 rings (SSSR count). The van der Waals surface area contributed by atoms with Gasteiger partial charge >= 0.3 is 5.97 Å². The second-order valence-electron chi connectivity index (χ2n) is 4.08. The Kier molecular flexibility index (Phi) is 4.40. The molecule has 1 aliphatic heterocycles. The van der Waals surface area contributed by atoms with Crippen molar-refractivity contribution in [2.24, 2.45) is 0 Å². The Balaban J connectivity index is 2.19. The summed E-state index contributed by atoms with van der Waals surface area (Å²) in [6.07, 6.45) is 1.54. The first-order valence-electron chi connectivity index (χ1n) is 5.87. The van der Waals surface area contributed by atoms with Crippen molar-refractivity contribution in [1.82, 2.24) is 4.90 Å². The van der Waals surface area contributed by atoms with Gasteiger partial charge < -0.3 is 4.74 Å². The topological polar surface area (TPSA) is 87.5 Å². The number of nitrogens with zero attached hydrogens (tertiary/aromatic N) is 2. The van der Waals surface area contributed by atoms with E-state index in [-0.39, 0.29) is 4.91 Å². The molecule has 2 amide bonds. The summed E-state index contributed by atoms with van der Waals surface area (Å²) in [5, 5.41) is 8.20. The number of amides is 2. The number of carbonyl (C=O) groups excluding carboxylic acids is 3. The molecule has 1 heterocycles. The van der Waals surface area contributed by atoms with Gasteiger partial charge in [0.05, 0.1) is 23.6 Å². The maximum Gasteiger partial charge on any atom is 0.325 e. The zero-order valence-corrected chi connectivity index (χ0v) is 11.8. The number of carbonyl (C=O) groups is 3. The number of esters is 1. The fourth-order valence-electron chi connectivity index (χ4n) is 1.64. The molecule has 0 radical (unpaired) electrons. The van der Waals surface area contributed by atoms with E-state index in [4.69, 9.17) is 5.26 Å². The van der Waals surface area contributed by atoms with Gasteiger partial charge in [0.15, 0.2) is 0 Å². The predicted octanol–water partition coefficient (Wildman–Crippen LogP) is 1.77. The molecule has 6 nitrogen and oxygen atoms in total. The molecule has 0 atom stereocenters. The smallest absolute Gasteiger partial charge is 0.325 e. The van der Waals surface area contributed by atoms with E-state index in [1.54, 1.807) is 30.3 Å². The molecule has 0 unspecified atom stereocenters. The quantitative estimate of drug-likeness (QED) is 0.624. The Bertz CT molecular complexity index is 673. The minimum Gasteiger partial charge on any atom is -0.468 e. The lowest BCUT2D eigenvalue weighted by Crippen LogP contribution is -2.34. The van der Waals surface area contributed by atoms with Gasteiger partial charge in [-0.15, -0.1) is 0 Å². The summed E-state index contributed by atoms with van der Waals surface area (Å²) in [5.74, 6) is -1.18. The summed E-state index contributed by atoms with van der Waals surface area (Å²) in [7, 11) is 1.19. The summed E-state index contributed by atoms with van der Waals surface area (Å²) in [4.78, 5) is 36.0. The van der Waals surface area contributed by atoms with Gasteiger partial charge in [0, 0.05) is 0 Å². The van der Waals surface area contributed by atoms with E-state index in [2.05, 4.69) is 4.74 Å². The van der Waals surface area contributed by atoms with Gasteiger partial charge in [-0.1, -0.05) is 12.1 Å². The molecule has 0 N–H and O–H groups in total. The van der Waals surface area contributed by atoms with Crippen LogP contribution in [0, 0.1) is 11.3 Å². The molecule has 1 fully saturated rings. The Morgan fingerprint density at radius 1 is 1.38 bits per heavy atom. The number of hydrogen-bond donors (Lipinski definition) is 0. The monoisotopic (exact) mass is 302 g/mol. The predicted molar refractivity (Wildman–Crippen MR) is 75.9 cm³/mol. The normalized spacial score (nSPS) is 16.2. The highest BCUT2D eigenvalue weighted by Gasteiger charge is 2.36. The lowest BCUT2D eigenvalue weighted by Gasteiger charge is -2.09. The molecule has 21 heavy (non-hydrogen) atoms. The molecule has 0 bridgehead atoms. The second-order valence-corrected chi connectivity index (χ2v) is 5.07. The Morgan fingerprint density at radius 3 is 2.62 bits per heavy atom. The van der Waals surface area contributed by atoms with Crippen LogP contribution < -0.4 is 0 Å². The highest BCUT2D eigenvalue weighted by atomic mass is 32.2. The molecule has 0 spiro atoms. The van der Waals surface area contributed by atoms with E-state index < -0.39 is 23.7 Å². The summed E-state index contributed by atoms with van der Waals surface area (Å²) in [6.45, 7) is -0.397. The molecule has 1 aliphatic rings. The lowest BCUT2D eigenvalue weighted by atomic mass is 10.1. The van der Waals surface area contributed by atoms with Gasteiger partial charge in [0.25, 0.3) is 11.1 Å². The van der Waals surface area contributed by atoms with Crippen molar-refractivity contribution in [3.63, 3.8) is 0 Å². The highest BCUT2D eigenvalue weighted by Crippen LogP contribution is 2.32. The van der Waals surface area contributed by atoms with Crippen LogP contribution in [0.4, 0.5) is 4.79 Å². The Labute approximate surface area is 125 Å². The fourth-order valence-corrected chi connectivity index (χ4v) is 2.47. The van der Waals surface area contributed by atoms with Crippen molar-refractivity contribution in [1.29, 1.82) is 5.26 Å². The first kappa shape index (κ1) is 14.8. The van der Waals surface area contributed by atoms with Crippen molar-refractivity contribution >= 4 is 35.0 Å². The van der Waals surface area contributed by atoms with Crippen LogP contribution in [-0.2, 0) is 14.3 Å². The largest absolute Gasteiger partial charge is 0.468 e. The molecule has 0 saturated carbocycles. The minimum atomic E-state index is -0.656. The first-order chi connectivity index (χ1) is 10.0. The van der Waals surface area contributed by atoms with E-state index in [0.29, 0.717) is 11.1 Å². The number of thioether (sulfide) groups is 1. The van der Waals surface area contributed by atoms with Gasteiger partial charge in [0.1, 0.15) is 6.54 Å². The molecule has 7 heteroatoms. The summed E-state index contributed by atoms with van der Waals surface area (Å²) < 4.78 is 4.44. The van der Waals surface area contributed by atoms with E-state index in [1.807, 2.05) is 6.07 Å². The number of hydrogen-bond acceptors (Lipinski definition) is 6. The number of nitriles is 1. The number of imide groups is 1. The van der Waals surface area contributed by atoms with Gasteiger partial charge in [-0.25, -0.2) is 0 Å². The van der Waals surface area contributed by atoms with E-state index in [0.717, 1.165) is 16.7 Å². The SMILES string of the molecule is COC(=O)CN1C(=O)S/C(=C/c2ccc(C#N)cc2)C1=O.